The minimum Gasteiger partial charge on any atom is -0.461 e. The number of fused-ring (bicyclic) bond motifs is 2. The maximum atomic E-state index is 13.5. The van der Waals surface area contributed by atoms with Crippen LogP contribution in [-0.4, -0.2) is 84.1 Å². The van der Waals surface area contributed by atoms with Crippen molar-refractivity contribution < 1.29 is 13.9 Å². The number of piperazine rings is 1. The van der Waals surface area contributed by atoms with E-state index < -0.39 is 11.7 Å². The van der Waals surface area contributed by atoms with Crippen LogP contribution in [-0.2, 0) is 17.8 Å². The third-order valence-electron chi connectivity index (χ3n) is 9.37. The Labute approximate surface area is 251 Å². The molecule has 0 bridgehead atoms. The number of hydrogen-bond acceptors (Lipinski definition) is 7. The lowest BCUT2D eigenvalue weighted by molar-refractivity contribution is -0.128. The molecule has 2 fully saturated rings. The number of aromatic nitrogens is 2. The zero-order chi connectivity index (χ0) is 29.4. The lowest BCUT2D eigenvalue weighted by Crippen LogP contribution is -2.49. The van der Waals surface area contributed by atoms with Crippen molar-refractivity contribution in [2.75, 3.05) is 62.7 Å². The van der Waals surface area contributed by atoms with Gasteiger partial charge in [-0.1, -0.05) is 49.4 Å². The van der Waals surface area contributed by atoms with Crippen LogP contribution in [0.2, 0.25) is 5.02 Å². The van der Waals surface area contributed by atoms with Crippen molar-refractivity contribution in [2.45, 2.75) is 44.7 Å². The molecule has 2 saturated heterocycles. The van der Waals surface area contributed by atoms with Gasteiger partial charge >= 0.3 is 6.01 Å². The van der Waals surface area contributed by atoms with E-state index in [0.29, 0.717) is 45.3 Å². The number of nitrogens with zero attached hydrogens (tertiary/aromatic N) is 6. The van der Waals surface area contributed by atoms with E-state index in [9.17, 15) is 9.18 Å². The van der Waals surface area contributed by atoms with Gasteiger partial charge in [0.05, 0.1) is 22.8 Å². The van der Waals surface area contributed by atoms with Crippen LogP contribution in [0, 0.1) is 0 Å². The summed E-state index contributed by atoms with van der Waals surface area (Å²) < 4.78 is 19.9. The molecular formula is C32H38ClFN6O2. The van der Waals surface area contributed by atoms with Crippen LogP contribution in [0.3, 0.4) is 0 Å². The molecule has 6 rings (SSSR count). The summed E-state index contributed by atoms with van der Waals surface area (Å²) in [5.41, 5.74) is 3.10. The predicted octanol–water partition coefficient (Wildman–Crippen LogP) is 5.23. The summed E-state index contributed by atoms with van der Waals surface area (Å²) in [7, 11) is 2.17. The first-order valence-electron chi connectivity index (χ1n) is 14.8. The maximum Gasteiger partial charge on any atom is 0.318 e. The molecular weight excluding hydrogens is 555 g/mol. The highest BCUT2D eigenvalue weighted by molar-refractivity contribution is 6.36. The second kappa shape index (κ2) is 11.7. The van der Waals surface area contributed by atoms with Gasteiger partial charge < -0.3 is 19.4 Å². The lowest BCUT2D eigenvalue weighted by atomic mass is 9.94. The maximum absolute atomic E-state index is 13.5. The molecule has 10 heteroatoms. The number of carbonyl (C=O) groups is 1. The van der Waals surface area contributed by atoms with E-state index in [1.165, 1.54) is 4.90 Å². The molecule has 3 aromatic rings. The molecule has 0 spiro atoms. The van der Waals surface area contributed by atoms with Gasteiger partial charge in [0, 0.05) is 49.4 Å². The van der Waals surface area contributed by atoms with Gasteiger partial charge in [0.25, 0.3) is 5.91 Å². The summed E-state index contributed by atoms with van der Waals surface area (Å²) in [6.07, 6.45) is 3.99. The normalized spacial score (nSPS) is 21.1. The number of amides is 1. The topological polar surface area (TPSA) is 65.0 Å². The summed E-state index contributed by atoms with van der Waals surface area (Å²) in [6.45, 7) is 10.3. The first-order valence-corrected chi connectivity index (χ1v) is 15.2. The van der Waals surface area contributed by atoms with Gasteiger partial charge in [-0.3, -0.25) is 9.69 Å². The Morgan fingerprint density at radius 3 is 2.52 bits per heavy atom. The van der Waals surface area contributed by atoms with Crippen molar-refractivity contribution in [3.63, 3.8) is 0 Å². The molecule has 3 aliphatic heterocycles. The highest BCUT2D eigenvalue weighted by atomic mass is 35.5. The van der Waals surface area contributed by atoms with Crippen molar-refractivity contribution in [1.29, 1.82) is 0 Å². The fourth-order valence-electron chi connectivity index (χ4n) is 6.76. The second-order valence-corrected chi connectivity index (χ2v) is 12.0. The monoisotopic (exact) mass is 592 g/mol. The van der Waals surface area contributed by atoms with Gasteiger partial charge in [-0.05, 0) is 56.8 Å². The van der Waals surface area contributed by atoms with E-state index in [1.54, 1.807) is 0 Å². The number of ether oxygens (including phenoxy) is 1. The summed E-state index contributed by atoms with van der Waals surface area (Å²) >= 11 is 6.69. The number of likely N-dealkylation sites (tertiary alicyclic amines) is 1. The van der Waals surface area contributed by atoms with E-state index in [1.807, 2.05) is 12.1 Å². The van der Waals surface area contributed by atoms with E-state index in [-0.39, 0.29) is 5.54 Å². The average molecular weight is 593 g/mol. The molecule has 0 saturated carbocycles. The number of anilines is 2. The molecule has 1 aromatic heterocycles. The zero-order valence-electron chi connectivity index (χ0n) is 24.4. The van der Waals surface area contributed by atoms with E-state index in [4.69, 9.17) is 26.3 Å². The van der Waals surface area contributed by atoms with Crippen molar-refractivity contribution >= 4 is 39.8 Å². The summed E-state index contributed by atoms with van der Waals surface area (Å²) in [5.74, 6) is -0.714. The number of benzene rings is 2. The lowest BCUT2D eigenvalue weighted by Gasteiger charge is -2.38. The third kappa shape index (κ3) is 5.28. The zero-order valence-corrected chi connectivity index (χ0v) is 25.2. The summed E-state index contributed by atoms with van der Waals surface area (Å²) in [6, 6.07) is 12.6. The van der Waals surface area contributed by atoms with Crippen LogP contribution in [0.25, 0.3) is 10.8 Å². The molecule has 3 aliphatic rings. The Balaban J connectivity index is 1.32. The molecule has 0 aliphatic carbocycles. The van der Waals surface area contributed by atoms with E-state index in [2.05, 4.69) is 59.5 Å². The Hall–Kier alpha value is -3.43. The second-order valence-electron chi connectivity index (χ2n) is 11.6. The van der Waals surface area contributed by atoms with Gasteiger partial charge in [0.2, 0.25) is 0 Å². The van der Waals surface area contributed by atoms with Gasteiger partial charge in [-0.25, -0.2) is 4.39 Å². The summed E-state index contributed by atoms with van der Waals surface area (Å²) in [4.78, 5) is 30.6. The number of hydrogen-bond donors (Lipinski definition) is 0. The third-order valence-corrected chi connectivity index (χ3v) is 9.68. The predicted molar refractivity (Wildman–Crippen MR) is 165 cm³/mol. The van der Waals surface area contributed by atoms with Crippen molar-refractivity contribution in [1.82, 2.24) is 19.8 Å². The molecule has 0 radical (unpaired) electrons. The number of carbonyl (C=O) groups excluding carboxylic acids is 1. The number of rotatable bonds is 7. The van der Waals surface area contributed by atoms with Crippen LogP contribution < -0.4 is 14.5 Å². The molecule has 222 valence electrons. The fourth-order valence-corrected chi connectivity index (χ4v) is 7.03. The first kappa shape index (κ1) is 28.7. The average Bonchev–Trinajstić information content (AvgIpc) is 3.39. The number of likely N-dealkylation sites (N-methyl/N-ethyl adjacent to an activating group) is 1. The SMILES string of the molecule is C=C(F)C(=O)N1CCN(c2nc(OCC3(CC)CCCN3C)nc3c2CCN(c2cccc4cccc(Cl)c24)C3)CC1. The minimum absolute atomic E-state index is 0.0219. The highest BCUT2D eigenvalue weighted by Crippen LogP contribution is 2.37. The molecule has 1 atom stereocenters. The Bertz CT molecular complexity index is 1500. The molecule has 4 heterocycles. The van der Waals surface area contributed by atoms with Crippen LogP contribution >= 0.6 is 11.6 Å². The largest absolute Gasteiger partial charge is 0.461 e. The molecule has 1 unspecified atom stereocenters. The Morgan fingerprint density at radius 2 is 1.83 bits per heavy atom. The van der Waals surface area contributed by atoms with Crippen LogP contribution in [0.5, 0.6) is 6.01 Å². The Kier molecular flexibility index (Phi) is 7.98. The number of halogens is 2. The molecule has 8 nitrogen and oxygen atoms in total. The quantitative estimate of drug-likeness (QED) is 0.348. The fraction of sp³-hybridized carbons (Fsp3) is 0.469. The van der Waals surface area contributed by atoms with Gasteiger partial charge in [-0.15, -0.1) is 0 Å². The van der Waals surface area contributed by atoms with Crippen molar-refractivity contribution in [2.24, 2.45) is 0 Å². The molecule has 0 N–H and O–H groups in total. The van der Waals surface area contributed by atoms with Crippen molar-refractivity contribution in [3.8, 4) is 6.01 Å². The van der Waals surface area contributed by atoms with Crippen LogP contribution in [0.4, 0.5) is 15.9 Å². The van der Waals surface area contributed by atoms with Gasteiger partial charge in [0.1, 0.15) is 12.4 Å². The summed E-state index contributed by atoms with van der Waals surface area (Å²) in [5, 5.41) is 2.88. The van der Waals surface area contributed by atoms with E-state index >= 15 is 0 Å². The minimum atomic E-state index is -0.922. The van der Waals surface area contributed by atoms with Gasteiger partial charge in [-0.2, -0.15) is 9.97 Å². The van der Waals surface area contributed by atoms with Crippen molar-refractivity contribution in [3.05, 3.63) is 65.1 Å². The van der Waals surface area contributed by atoms with Crippen LogP contribution in [0.15, 0.2) is 48.8 Å². The molecule has 42 heavy (non-hydrogen) atoms. The van der Waals surface area contributed by atoms with Crippen LogP contribution in [0.1, 0.15) is 37.4 Å². The van der Waals surface area contributed by atoms with E-state index in [0.717, 1.165) is 77.3 Å². The highest BCUT2D eigenvalue weighted by Gasteiger charge is 2.38. The smallest absolute Gasteiger partial charge is 0.318 e. The van der Waals surface area contributed by atoms with Gasteiger partial charge in [0.15, 0.2) is 5.83 Å². The standard InChI is InChI=1S/C32H38ClFN6O2/c1-4-32(13-7-14-37(32)3)21-42-31-35-26-20-40(27-11-6-9-23-8-5-10-25(33)28(23)27)15-12-24(26)29(36-31)38-16-18-39(19-17-38)30(41)22(2)34/h5-6,8-11H,2,4,7,12-21H2,1,3H3. The Morgan fingerprint density at radius 1 is 1.07 bits per heavy atom. The molecule has 1 amide bonds. The first-order chi connectivity index (χ1) is 20.3. The molecule has 2 aromatic carbocycles.